The van der Waals surface area contributed by atoms with E-state index in [9.17, 15) is 19.2 Å². The lowest BCUT2D eigenvalue weighted by Crippen LogP contribution is -2.57. The van der Waals surface area contributed by atoms with Gasteiger partial charge < -0.3 is 24.3 Å². The number of hydrogen-bond donors (Lipinski definition) is 1. The first-order chi connectivity index (χ1) is 16.8. The number of fused-ring (bicyclic) bond motifs is 1. The normalized spacial score (nSPS) is 22.9. The lowest BCUT2D eigenvalue weighted by atomic mass is 9.81. The van der Waals surface area contributed by atoms with Crippen LogP contribution in [0.25, 0.3) is 10.9 Å². The Balaban J connectivity index is 1.36. The van der Waals surface area contributed by atoms with Gasteiger partial charge in [0, 0.05) is 45.2 Å². The minimum absolute atomic E-state index is 0.0446. The van der Waals surface area contributed by atoms with Gasteiger partial charge in [-0.25, -0.2) is 4.79 Å². The zero-order valence-electron chi connectivity index (χ0n) is 20.6. The van der Waals surface area contributed by atoms with Crippen LogP contribution in [-0.4, -0.2) is 77.7 Å². The molecular formula is C25H34N4O6. The fraction of sp³-hybridized carbons (Fsp3) is 0.600. The molecule has 0 spiro atoms. The number of H-pyrrole nitrogens is 1. The maximum atomic E-state index is 13.2. The van der Waals surface area contributed by atoms with Crippen LogP contribution in [0.4, 0.5) is 0 Å². The minimum atomic E-state index is -0.416. The van der Waals surface area contributed by atoms with Crippen molar-refractivity contribution in [1.82, 2.24) is 19.4 Å². The number of aromatic nitrogens is 2. The molecule has 1 atom stereocenters. The van der Waals surface area contributed by atoms with Crippen LogP contribution in [0.5, 0.6) is 5.75 Å². The number of benzene rings is 1. The van der Waals surface area contributed by atoms with Gasteiger partial charge in [-0.1, -0.05) is 0 Å². The van der Waals surface area contributed by atoms with Gasteiger partial charge in [-0.05, 0) is 56.7 Å². The van der Waals surface area contributed by atoms with Crippen molar-refractivity contribution in [3.8, 4) is 5.75 Å². The summed E-state index contributed by atoms with van der Waals surface area (Å²) in [6.45, 7) is 3.92. The zero-order valence-corrected chi connectivity index (χ0v) is 20.6. The summed E-state index contributed by atoms with van der Waals surface area (Å²) in [5.41, 5.74) is -0.249. The van der Waals surface area contributed by atoms with Gasteiger partial charge in [-0.2, -0.15) is 0 Å². The van der Waals surface area contributed by atoms with E-state index in [1.54, 1.807) is 23.1 Å². The van der Waals surface area contributed by atoms with Crippen molar-refractivity contribution in [3.05, 3.63) is 39.0 Å². The number of carbonyl (C=O) groups excluding carboxylic acids is 2. The Hall–Kier alpha value is -3.14. The summed E-state index contributed by atoms with van der Waals surface area (Å²) in [7, 11) is 3.04. The molecule has 1 aromatic heterocycles. The first-order valence-electron chi connectivity index (χ1n) is 12.2. The van der Waals surface area contributed by atoms with Crippen LogP contribution >= 0.6 is 0 Å². The van der Waals surface area contributed by atoms with Gasteiger partial charge in [-0.15, -0.1) is 0 Å². The summed E-state index contributed by atoms with van der Waals surface area (Å²) in [5.74, 6) is 0.747. The predicted octanol–water partition coefficient (Wildman–Crippen LogP) is 1.21. The van der Waals surface area contributed by atoms with Crippen LogP contribution in [0, 0.1) is 11.8 Å². The van der Waals surface area contributed by atoms with Gasteiger partial charge in [0.15, 0.2) is 0 Å². The summed E-state index contributed by atoms with van der Waals surface area (Å²) in [4.78, 5) is 57.4. The number of hydrogen-bond acceptors (Lipinski definition) is 6. The molecule has 2 aliphatic rings. The number of rotatable bonds is 6. The Bertz CT molecular complexity index is 1200. The highest BCUT2D eigenvalue weighted by atomic mass is 16.5. The fourth-order valence-corrected chi connectivity index (χ4v) is 5.37. The molecule has 1 N–H and O–H groups in total. The van der Waals surface area contributed by atoms with E-state index < -0.39 is 5.69 Å². The topological polar surface area (TPSA) is 114 Å². The van der Waals surface area contributed by atoms with Crippen molar-refractivity contribution in [1.29, 1.82) is 0 Å². The third kappa shape index (κ3) is 5.27. The molecule has 2 fully saturated rings. The molecule has 4 rings (SSSR count). The first-order valence-corrected chi connectivity index (χ1v) is 12.2. The summed E-state index contributed by atoms with van der Waals surface area (Å²) in [5, 5.41) is 0.421. The molecule has 0 bridgehead atoms. The average molecular weight is 487 g/mol. The Labute approximate surface area is 203 Å². The van der Waals surface area contributed by atoms with Gasteiger partial charge in [0.1, 0.15) is 12.4 Å². The number of amides is 2. The van der Waals surface area contributed by atoms with Crippen LogP contribution in [0.15, 0.2) is 27.8 Å². The van der Waals surface area contributed by atoms with Crippen molar-refractivity contribution in [3.63, 3.8) is 0 Å². The van der Waals surface area contributed by atoms with Crippen LogP contribution in [0.2, 0.25) is 0 Å². The van der Waals surface area contributed by atoms with E-state index in [1.807, 2.05) is 11.8 Å². The van der Waals surface area contributed by atoms with Gasteiger partial charge in [0.2, 0.25) is 11.8 Å². The molecule has 1 aromatic carbocycles. The summed E-state index contributed by atoms with van der Waals surface area (Å²) < 4.78 is 11.4. The van der Waals surface area contributed by atoms with E-state index in [4.69, 9.17) is 9.47 Å². The number of piperazine rings is 1. The highest BCUT2D eigenvalue weighted by molar-refractivity contribution is 5.81. The second-order valence-electron chi connectivity index (χ2n) is 9.63. The molecule has 0 unspecified atom stereocenters. The van der Waals surface area contributed by atoms with Gasteiger partial charge in [0.25, 0.3) is 5.56 Å². The SMILES string of the molecule is COCC(=O)N1CCN(C(=O)C2CCC(Cn3c(=O)[nH]c4ccc(OC)cc4c3=O)CC2)C[C@@H]1C. The van der Waals surface area contributed by atoms with Crippen molar-refractivity contribution in [2.24, 2.45) is 11.8 Å². The Morgan fingerprint density at radius 3 is 2.49 bits per heavy atom. The molecule has 2 aromatic rings. The molecular weight excluding hydrogens is 452 g/mol. The van der Waals surface area contributed by atoms with Crippen molar-refractivity contribution >= 4 is 22.7 Å². The molecule has 2 heterocycles. The Morgan fingerprint density at radius 2 is 1.83 bits per heavy atom. The number of methoxy groups -OCH3 is 2. The van der Waals surface area contributed by atoms with Crippen LogP contribution in [0.3, 0.4) is 0 Å². The summed E-state index contributed by atoms with van der Waals surface area (Å²) >= 11 is 0. The van der Waals surface area contributed by atoms with Crippen LogP contribution in [0.1, 0.15) is 32.6 Å². The number of nitrogens with zero attached hydrogens (tertiary/aromatic N) is 3. The van der Waals surface area contributed by atoms with E-state index in [-0.39, 0.29) is 41.9 Å². The Kier molecular flexibility index (Phi) is 7.59. The third-order valence-electron chi connectivity index (χ3n) is 7.35. The van der Waals surface area contributed by atoms with Crippen LogP contribution < -0.4 is 16.0 Å². The van der Waals surface area contributed by atoms with Gasteiger partial charge in [0.05, 0.1) is 18.0 Å². The molecule has 1 saturated carbocycles. The van der Waals surface area contributed by atoms with Gasteiger partial charge in [-0.3, -0.25) is 19.0 Å². The third-order valence-corrected chi connectivity index (χ3v) is 7.35. The first kappa shape index (κ1) is 25.0. The minimum Gasteiger partial charge on any atom is -0.497 e. The fourth-order valence-electron chi connectivity index (χ4n) is 5.37. The predicted molar refractivity (Wildman–Crippen MR) is 130 cm³/mol. The number of carbonyl (C=O) groups is 2. The molecule has 35 heavy (non-hydrogen) atoms. The van der Waals surface area contributed by atoms with Crippen molar-refractivity contribution in [2.75, 3.05) is 40.5 Å². The highest BCUT2D eigenvalue weighted by Crippen LogP contribution is 2.31. The summed E-state index contributed by atoms with van der Waals surface area (Å²) in [6.07, 6.45) is 3.02. The molecule has 10 nitrogen and oxygen atoms in total. The molecule has 1 saturated heterocycles. The smallest absolute Gasteiger partial charge is 0.328 e. The Morgan fingerprint density at radius 1 is 1.09 bits per heavy atom. The molecule has 10 heteroatoms. The molecule has 1 aliphatic carbocycles. The van der Waals surface area contributed by atoms with Crippen LogP contribution in [-0.2, 0) is 20.9 Å². The van der Waals surface area contributed by atoms with E-state index >= 15 is 0 Å². The molecule has 190 valence electrons. The van der Waals surface area contributed by atoms with E-state index in [0.29, 0.717) is 42.8 Å². The second kappa shape index (κ2) is 10.6. The number of ether oxygens (including phenoxy) is 2. The van der Waals surface area contributed by atoms with E-state index in [1.165, 1.54) is 18.8 Å². The van der Waals surface area contributed by atoms with Crippen molar-refractivity contribution in [2.45, 2.75) is 45.2 Å². The average Bonchev–Trinajstić information content (AvgIpc) is 2.86. The lowest BCUT2D eigenvalue weighted by molar-refractivity contribution is -0.147. The monoisotopic (exact) mass is 486 g/mol. The maximum Gasteiger partial charge on any atom is 0.328 e. The zero-order chi connectivity index (χ0) is 25.1. The largest absolute Gasteiger partial charge is 0.497 e. The standard InChI is InChI=1S/C25H34N4O6/c1-16-13-27(10-11-28(16)22(30)15-34-2)23(31)18-6-4-17(5-7-18)14-29-24(32)20-12-19(35-3)8-9-21(20)26-25(29)33/h8-9,12,16-18H,4-7,10-11,13-15H2,1-3H3,(H,26,33)/t16-,17?,18?/m0/s1. The van der Waals surface area contributed by atoms with E-state index in [2.05, 4.69) is 4.98 Å². The van der Waals surface area contributed by atoms with Gasteiger partial charge >= 0.3 is 5.69 Å². The van der Waals surface area contributed by atoms with Crippen molar-refractivity contribution < 1.29 is 19.1 Å². The maximum absolute atomic E-state index is 13.2. The number of aromatic amines is 1. The molecule has 0 radical (unpaired) electrons. The second-order valence-corrected chi connectivity index (χ2v) is 9.63. The summed E-state index contributed by atoms with van der Waals surface area (Å²) in [6, 6.07) is 4.98. The quantitative estimate of drug-likeness (QED) is 0.657. The highest BCUT2D eigenvalue weighted by Gasteiger charge is 2.34. The number of nitrogens with one attached hydrogen (secondary N) is 1. The molecule has 2 amide bonds. The van der Waals surface area contributed by atoms with E-state index in [0.717, 1.165) is 25.7 Å². The molecule has 1 aliphatic heterocycles. The lowest BCUT2D eigenvalue weighted by Gasteiger charge is -2.41.